The van der Waals surface area contributed by atoms with E-state index in [0.29, 0.717) is 0 Å². The predicted octanol–water partition coefficient (Wildman–Crippen LogP) is 3.47. The van der Waals surface area contributed by atoms with Crippen LogP contribution in [0.3, 0.4) is 0 Å². The molecular weight excluding hydrogens is 412 g/mol. The van der Waals surface area contributed by atoms with Crippen LogP contribution in [0.4, 0.5) is 11.4 Å². The average molecular weight is 447 g/mol. The van der Waals surface area contributed by atoms with Crippen LogP contribution >= 0.6 is 0 Å². The highest BCUT2D eigenvalue weighted by Crippen LogP contribution is 2.23. The highest BCUT2D eigenvalue weighted by atomic mass is 16.1. The number of aryl methyl sites for hydroxylation is 1. The van der Waals surface area contributed by atoms with E-state index in [1.165, 1.54) is 11.3 Å². The standard InChI is InChI=1S/C26H34N6O/c1-19-3-8-23-24(17-19)29-25(28-23)18-31-11-9-20(10-12-31)26(33)27-21-4-6-22(7-5-21)32-15-13-30(2)14-16-32/h3-8,17,20H,9-16,18H2,1-2H3,(H,27,33)(H,28,29). The van der Waals surface area contributed by atoms with Crippen LogP contribution < -0.4 is 10.2 Å². The molecule has 0 atom stereocenters. The Morgan fingerprint density at radius 1 is 1.03 bits per heavy atom. The first kappa shape index (κ1) is 21.9. The summed E-state index contributed by atoms with van der Waals surface area (Å²) in [6.07, 6.45) is 1.76. The third-order valence-corrected chi connectivity index (χ3v) is 7.02. The highest BCUT2D eigenvalue weighted by Gasteiger charge is 2.25. The van der Waals surface area contributed by atoms with Gasteiger partial charge in [0.2, 0.25) is 5.91 Å². The summed E-state index contributed by atoms with van der Waals surface area (Å²) in [6, 6.07) is 14.6. The second-order valence-corrected chi connectivity index (χ2v) is 9.58. The number of carbonyl (C=O) groups excluding carboxylic acids is 1. The van der Waals surface area contributed by atoms with Crippen molar-refractivity contribution < 1.29 is 4.79 Å². The van der Waals surface area contributed by atoms with Gasteiger partial charge in [0.1, 0.15) is 5.82 Å². The zero-order valence-corrected chi connectivity index (χ0v) is 19.7. The Morgan fingerprint density at radius 3 is 2.48 bits per heavy atom. The first-order chi connectivity index (χ1) is 16.0. The number of hydrogen-bond donors (Lipinski definition) is 2. The number of anilines is 2. The number of nitrogens with zero attached hydrogens (tertiary/aromatic N) is 4. The number of amides is 1. The molecule has 7 nitrogen and oxygen atoms in total. The third kappa shape index (κ3) is 5.20. The molecule has 0 spiro atoms. The van der Waals surface area contributed by atoms with Crippen LogP contribution in [0.2, 0.25) is 0 Å². The van der Waals surface area contributed by atoms with E-state index in [1.54, 1.807) is 0 Å². The van der Waals surface area contributed by atoms with Crippen LogP contribution in [0.1, 0.15) is 24.2 Å². The highest BCUT2D eigenvalue weighted by molar-refractivity contribution is 5.92. The molecule has 2 aliphatic heterocycles. The van der Waals surface area contributed by atoms with Gasteiger partial charge in [-0.15, -0.1) is 0 Å². The van der Waals surface area contributed by atoms with E-state index in [4.69, 9.17) is 4.98 Å². The summed E-state index contributed by atoms with van der Waals surface area (Å²) in [5.41, 5.74) is 5.47. The van der Waals surface area contributed by atoms with Gasteiger partial charge in [-0.3, -0.25) is 9.69 Å². The quantitative estimate of drug-likeness (QED) is 0.628. The molecule has 0 saturated carbocycles. The number of nitrogens with one attached hydrogen (secondary N) is 2. The number of piperazine rings is 1. The minimum atomic E-state index is 0.0666. The van der Waals surface area contributed by atoms with Crippen molar-refractivity contribution in [2.75, 3.05) is 56.5 Å². The summed E-state index contributed by atoms with van der Waals surface area (Å²) < 4.78 is 0. The summed E-state index contributed by atoms with van der Waals surface area (Å²) in [7, 11) is 2.17. The Labute approximate surface area is 195 Å². The van der Waals surface area contributed by atoms with Crippen LogP contribution in [0.25, 0.3) is 11.0 Å². The molecule has 2 N–H and O–H groups in total. The zero-order valence-electron chi connectivity index (χ0n) is 19.7. The second-order valence-electron chi connectivity index (χ2n) is 9.58. The lowest BCUT2D eigenvalue weighted by Gasteiger charge is -2.34. The Balaban J connectivity index is 1.10. The molecule has 2 aromatic carbocycles. The van der Waals surface area contributed by atoms with Gasteiger partial charge in [0.05, 0.1) is 17.6 Å². The van der Waals surface area contributed by atoms with E-state index in [0.717, 1.165) is 81.2 Å². The minimum Gasteiger partial charge on any atom is -0.369 e. The van der Waals surface area contributed by atoms with Crippen LogP contribution in [-0.2, 0) is 11.3 Å². The summed E-state index contributed by atoms with van der Waals surface area (Å²) in [4.78, 5) is 28.2. The number of aromatic nitrogens is 2. The van der Waals surface area contributed by atoms with Gasteiger partial charge in [-0.05, 0) is 81.9 Å². The second kappa shape index (κ2) is 9.53. The van der Waals surface area contributed by atoms with Gasteiger partial charge in [0.15, 0.2) is 0 Å². The van der Waals surface area contributed by atoms with E-state index in [9.17, 15) is 4.79 Å². The Kier molecular flexibility index (Phi) is 6.33. The molecule has 2 saturated heterocycles. The van der Waals surface area contributed by atoms with Gasteiger partial charge < -0.3 is 20.1 Å². The summed E-state index contributed by atoms with van der Waals surface area (Å²) in [5.74, 6) is 1.21. The normalized spacial score (nSPS) is 18.7. The monoisotopic (exact) mass is 446 g/mol. The van der Waals surface area contributed by atoms with Gasteiger partial charge in [0.25, 0.3) is 0 Å². The lowest BCUT2D eigenvalue weighted by molar-refractivity contribution is -0.121. The molecule has 3 aromatic rings. The number of carbonyl (C=O) groups is 1. The molecule has 5 rings (SSSR count). The Bertz CT molecular complexity index is 1090. The molecule has 0 bridgehead atoms. The van der Waals surface area contributed by atoms with Crippen molar-refractivity contribution in [3.63, 3.8) is 0 Å². The van der Waals surface area contributed by atoms with Crippen molar-refractivity contribution in [1.82, 2.24) is 19.8 Å². The SMILES string of the molecule is Cc1ccc2nc(CN3CCC(C(=O)Nc4ccc(N5CCN(C)CC5)cc4)CC3)[nH]c2c1. The number of aromatic amines is 1. The number of H-pyrrole nitrogens is 1. The first-order valence-electron chi connectivity index (χ1n) is 12.1. The number of piperidine rings is 1. The number of likely N-dealkylation sites (tertiary alicyclic amines) is 1. The van der Waals surface area contributed by atoms with Crippen LogP contribution in [0.5, 0.6) is 0 Å². The van der Waals surface area contributed by atoms with Crippen molar-refractivity contribution in [2.45, 2.75) is 26.3 Å². The van der Waals surface area contributed by atoms with Crippen molar-refractivity contribution in [3.8, 4) is 0 Å². The maximum absolute atomic E-state index is 12.8. The lowest BCUT2D eigenvalue weighted by Crippen LogP contribution is -2.44. The number of hydrogen-bond acceptors (Lipinski definition) is 5. The molecule has 1 amide bonds. The fraction of sp³-hybridized carbons (Fsp3) is 0.462. The van der Waals surface area contributed by atoms with E-state index in [-0.39, 0.29) is 11.8 Å². The number of benzene rings is 2. The lowest BCUT2D eigenvalue weighted by atomic mass is 9.96. The molecule has 2 fully saturated rings. The maximum Gasteiger partial charge on any atom is 0.227 e. The van der Waals surface area contributed by atoms with Crippen molar-refractivity contribution in [3.05, 3.63) is 53.9 Å². The molecule has 2 aliphatic rings. The van der Waals surface area contributed by atoms with Crippen LogP contribution in [-0.4, -0.2) is 72.0 Å². The Morgan fingerprint density at radius 2 is 1.76 bits per heavy atom. The predicted molar refractivity (Wildman–Crippen MR) is 134 cm³/mol. The van der Waals surface area contributed by atoms with E-state index in [1.807, 2.05) is 12.1 Å². The van der Waals surface area contributed by atoms with Crippen molar-refractivity contribution in [1.29, 1.82) is 0 Å². The summed E-state index contributed by atoms with van der Waals surface area (Å²) in [6.45, 7) is 9.00. The van der Waals surface area contributed by atoms with Gasteiger partial charge in [-0.2, -0.15) is 0 Å². The number of imidazole rings is 1. The van der Waals surface area contributed by atoms with Crippen molar-refractivity contribution in [2.24, 2.45) is 5.92 Å². The number of likely N-dealkylation sites (N-methyl/N-ethyl adjacent to an activating group) is 1. The fourth-order valence-corrected chi connectivity index (χ4v) is 4.88. The number of rotatable bonds is 5. The first-order valence-corrected chi connectivity index (χ1v) is 12.1. The van der Waals surface area contributed by atoms with Crippen molar-refractivity contribution >= 4 is 28.3 Å². The number of fused-ring (bicyclic) bond motifs is 1. The molecule has 3 heterocycles. The molecule has 0 aliphatic carbocycles. The average Bonchev–Trinajstić information content (AvgIpc) is 3.22. The smallest absolute Gasteiger partial charge is 0.227 e. The molecule has 33 heavy (non-hydrogen) atoms. The van der Waals surface area contributed by atoms with Gasteiger partial charge in [-0.1, -0.05) is 6.07 Å². The van der Waals surface area contributed by atoms with Crippen LogP contribution in [0, 0.1) is 12.8 Å². The summed E-state index contributed by atoms with van der Waals surface area (Å²) >= 11 is 0. The molecule has 7 heteroatoms. The van der Waals surface area contributed by atoms with Gasteiger partial charge in [-0.25, -0.2) is 4.98 Å². The van der Waals surface area contributed by atoms with E-state index in [2.05, 4.69) is 69.3 Å². The summed E-state index contributed by atoms with van der Waals surface area (Å²) in [5, 5.41) is 3.13. The molecule has 1 aromatic heterocycles. The van der Waals surface area contributed by atoms with E-state index >= 15 is 0 Å². The molecule has 0 unspecified atom stereocenters. The van der Waals surface area contributed by atoms with Crippen LogP contribution in [0.15, 0.2) is 42.5 Å². The molecule has 174 valence electrons. The third-order valence-electron chi connectivity index (χ3n) is 7.02. The van der Waals surface area contributed by atoms with Gasteiger partial charge >= 0.3 is 0 Å². The largest absolute Gasteiger partial charge is 0.369 e. The van der Waals surface area contributed by atoms with E-state index < -0.39 is 0 Å². The van der Waals surface area contributed by atoms with Gasteiger partial charge in [0, 0.05) is 43.5 Å². The zero-order chi connectivity index (χ0) is 22.8. The Hall–Kier alpha value is -2.90. The topological polar surface area (TPSA) is 67.5 Å². The molecule has 0 radical (unpaired) electrons. The maximum atomic E-state index is 12.8. The molecular formula is C26H34N6O. The minimum absolute atomic E-state index is 0.0666. The fourth-order valence-electron chi connectivity index (χ4n) is 4.88.